The summed E-state index contributed by atoms with van der Waals surface area (Å²) in [6.07, 6.45) is 12.2. The molecule has 0 amide bonds. The predicted molar refractivity (Wildman–Crippen MR) is 122 cm³/mol. The SMILES string of the molecule is CC(C)[C@@H](C)C1OC1[C@@H](C)[C@H]1CC(=O)C2=C3CC[C@H]4CCCC[C@]4(C)[C@H]3CC[C@@]21C. The van der Waals surface area contributed by atoms with Crippen LogP contribution in [-0.4, -0.2) is 18.0 Å². The number of hydrogen-bond donors (Lipinski definition) is 0. The third kappa shape index (κ3) is 2.95. The number of epoxide rings is 1. The summed E-state index contributed by atoms with van der Waals surface area (Å²) < 4.78 is 6.24. The highest BCUT2D eigenvalue weighted by molar-refractivity contribution is 6.00. The van der Waals surface area contributed by atoms with Crippen LogP contribution in [0.2, 0.25) is 0 Å². The van der Waals surface area contributed by atoms with Gasteiger partial charge in [-0.1, -0.05) is 60.0 Å². The normalized spacial score (nSPS) is 47.6. The zero-order valence-electron chi connectivity index (χ0n) is 20.3. The molecule has 1 aliphatic heterocycles. The molecule has 168 valence electrons. The van der Waals surface area contributed by atoms with Crippen molar-refractivity contribution in [1.82, 2.24) is 0 Å². The maximum absolute atomic E-state index is 13.5. The molecule has 2 unspecified atom stereocenters. The third-order valence-electron chi connectivity index (χ3n) is 11.1. The topological polar surface area (TPSA) is 29.6 Å². The zero-order chi connectivity index (χ0) is 21.4. The van der Waals surface area contributed by atoms with Gasteiger partial charge in [-0.05, 0) is 84.9 Å². The van der Waals surface area contributed by atoms with E-state index in [0.29, 0.717) is 53.0 Å². The smallest absolute Gasteiger partial charge is 0.159 e. The van der Waals surface area contributed by atoms with Gasteiger partial charge in [0.1, 0.15) is 0 Å². The molecule has 0 aromatic rings. The van der Waals surface area contributed by atoms with Gasteiger partial charge in [-0.2, -0.15) is 0 Å². The van der Waals surface area contributed by atoms with Crippen LogP contribution in [-0.2, 0) is 9.53 Å². The van der Waals surface area contributed by atoms with Crippen molar-refractivity contribution < 1.29 is 9.53 Å². The first-order valence-electron chi connectivity index (χ1n) is 13.1. The monoisotopic (exact) mass is 412 g/mol. The Morgan fingerprint density at radius 1 is 0.967 bits per heavy atom. The minimum atomic E-state index is 0.0950. The highest BCUT2D eigenvalue weighted by Gasteiger charge is 2.60. The van der Waals surface area contributed by atoms with E-state index >= 15 is 0 Å². The Morgan fingerprint density at radius 2 is 1.73 bits per heavy atom. The van der Waals surface area contributed by atoms with Crippen molar-refractivity contribution in [3.05, 3.63) is 11.1 Å². The second-order valence-electron chi connectivity index (χ2n) is 12.7. The van der Waals surface area contributed by atoms with Gasteiger partial charge < -0.3 is 4.74 Å². The van der Waals surface area contributed by atoms with Crippen LogP contribution in [0.4, 0.5) is 0 Å². The summed E-state index contributed by atoms with van der Waals surface area (Å²) in [5, 5.41) is 0. The minimum Gasteiger partial charge on any atom is -0.369 e. The second-order valence-corrected chi connectivity index (χ2v) is 12.7. The highest BCUT2D eigenvalue weighted by Crippen LogP contribution is 2.65. The largest absolute Gasteiger partial charge is 0.369 e. The quantitative estimate of drug-likeness (QED) is 0.466. The van der Waals surface area contributed by atoms with Crippen LogP contribution in [0.1, 0.15) is 99.3 Å². The van der Waals surface area contributed by atoms with Crippen molar-refractivity contribution in [2.24, 2.45) is 46.3 Å². The number of carbonyl (C=O) groups excluding carboxylic acids is 1. The van der Waals surface area contributed by atoms with Crippen molar-refractivity contribution in [3.63, 3.8) is 0 Å². The van der Waals surface area contributed by atoms with E-state index in [0.717, 1.165) is 12.3 Å². The Kier molecular flexibility index (Phi) is 5.09. The molecule has 0 aromatic carbocycles. The summed E-state index contributed by atoms with van der Waals surface area (Å²) in [5.41, 5.74) is 3.49. The van der Waals surface area contributed by atoms with Crippen molar-refractivity contribution in [2.45, 2.75) is 112 Å². The number of fused-ring (bicyclic) bond motifs is 4. The summed E-state index contributed by atoms with van der Waals surface area (Å²) in [4.78, 5) is 13.5. The van der Waals surface area contributed by atoms with Gasteiger partial charge in [-0.3, -0.25) is 4.79 Å². The lowest BCUT2D eigenvalue weighted by molar-refractivity contribution is -0.115. The molecule has 1 heterocycles. The van der Waals surface area contributed by atoms with Gasteiger partial charge in [0.15, 0.2) is 5.78 Å². The molecule has 3 saturated carbocycles. The molecule has 1 saturated heterocycles. The Labute approximate surface area is 184 Å². The molecule has 5 rings (SSSR count). The average Bonchev–Trinajstić information content (AvgIpc) is 3.45. The lowest BCUT2D eigenvalue weighted by atomic mass is 9.49. The van der Waals surface area contributed by atoms with E-state index in [1.807, 2.05) is 0 Å². The first-order valence-corrected chi connectivity index (χ1v) is 13.1. The molecule has 0 bridgehead atoms. The number of carbonyl (C=O) groups is 1. The molecule has 4 fully saturated rings. The molecule has 0 spiro atoms. The summed E-state index contributed by atoms with van der Waals surface area (Å²) in [6.45, 7) is 14.4. The van der Waals surface area contributed by atoms with E-state index < -0.39 is 0 Å². The Balaban J connectivity index is 1.43. The molecule has 2 heteroatoms. The Morgan fingerprint density at radius 3 is 2.47 bits per heavy atom. The molecule has 9 atom stereocenters. The van der Waals surface area contributed by atoms with E-state index in [-0.39, 0.29) is 5.41 Å². The maximum atomic E-state index is 13.5. The summed E-state index contributed by atoms with van der Waals surface area (Å²) in [5.74, 6) is 4.31. The minimum absolute atomic E-state index is 0.0950. The van der Waals surface area contributed by atoms with Gasteiger partial charge in [0.2, 0.25) is 0 Å². The molecule has 0 radical (unpaired) electrons. The van der Waals surface area contributed by atoms with E-state index in [9.17, 15) is 4.79 Å². The van der Waals surface area contributed by atoms with Gasteiger partial charge >= 0.3 is 0 Å². The molecule has 30 heavy (non-hydrogen) atoms. The van der Waals surface area contributed by atoms with Gasteiger partial charge in [0, 0.05) is 12.0 Å². The molecule has 4 aliphatic carbocycles. The van der Waals surface area contributed by atoms with Crippen LogP contribution >= 0.6 is 0 Å². The highest BCUT2D eigenvalue weighted by atomic mass is 16.6. The Bertz CT molecular complexity index is 750. The van der Waals surface area contributed by atoms with Crippen molar-refractivity contribution in [1.29, 1.82) is 0 Å². The molecule has 2 nitrogen and oxygen atoms in total. The summed E-state index contributed by atoms with van der Waals surface area (Å²) in [6, 6.07) is 0. The van der Waals surface area contributed by atoms with E-state index in [2.05, 4.69) is 41.5 Å². The van der Waals surface area contributed by atoms with Gasteiger partial charge in [0.25, 0.3) is 0 Å². The van der Waals surface area contributed by atoms with Crippen LogP contribution in [0.5, 0.6) is 0 Å². The molecular weight excluding hydrogens is 368 g/mol. The maximum Gasteiger partial charge on any atom is 0.159 e. The molecule has 0 N–H and O–H groups in total. The van der Waals surface area contributed by atoms with Crippen molar-refractivity contribution in [2.75, 3.05) is 0 Å². The summed E-state index contributed by atoms with van der Waals surface area (Å²) in [7, 11) is 0. The standard InChI is InChI=1S/C28H44O2/c1-16(2)17(3)25-26(30-25)18(4)22-15-23(29)24-20-11-10-19-9-7-8-13-27(19,5)21(20)12-14-28(22,24)6/h16-19,21-22,25-26H,7-15H2,1-6H3/t17-,18+,19-,21+,22-,25?,26?,27+,28-/m1/s1. The lowest BCUT2D eigenvalue weighted by Crippen LogP contribution is -2.46. The van der Waals surface area contributed by atoms with Crippen LogP contribution < -0.4 is 0 Å². The van der Waals surface area contributed by atoms with Crippen LogP contribution in [0.25, 0.3) is 0 Å². The number of hydrogen-bond acceptors (Lipinski definition) is 2. The fourth-order valence-corrected chi connectivity index (χ4v) is 8.76. The number of rotatable bonds is 4. The van der Waals surface area contributed by atoms with Crippen LogP contribution in [0.15, 0.2) is 11.1 Å². The first-order chi connectivity index (χ1) is 14.2. The molecular formula is C28H44O2. The van der Waals surface area contributed by atoms with Crippen LogP contribution in [0.3, 0.4) is 0 Å². The van der Waals surface area contributed by atoms with E-state index in [1.54, 1.807) is 5.57 Å². The van der Waals surface area contributed by atoms with Crippen LogP contribution in [0, 0.1) is 46.3 Å². The average molecular weight is 413 g/mol. The first kappa shape index (κ1) is 21.2. The van der Waals surface area contributed by atoms with Gasteiger partial charge in [-0.25, -0.2) is 0 Å². The second kappa shape index (κ2) is 7.19. The molecule has 0 aromatic heterocycles. The van der Waals surface area contributed by atoms with Gasteiger partial charge in [-0.15, -0.1) is 0 Å². The number of ether oxygens (including phenoxy) is 1. The predicted octanol–water partition coefficient (Wildman–Crippen LogP) is 6.97. The molecule has 5 aliphatic rings. The fourth-order valence-electron chi connectivity index (χ4n) is 8.76. The van der Waals surface area contributed by atoms with Gasteiger partial charge in [0.05, 0.1) is 12.2 Å². The van der Waals surface area contributed by atoms with Crippen molar-refractivity contribution in [3.8, 4) is 0 Å². The third-order valence-corrected chi connectivity index (χ3v) is 11.1. The lowest BCUT2D eigenvalue weighted by Gasteiger charge is -2.55. The fraction of sp³-hybridized carbons (Fsp3) is 0.893. The number of allylic oxidation sites excluding steroid dienone is 2. The number of Topliss-reactive ketones (excluding diaryl/α,β-unsaturated/α-hetero) is 1. The number of ketones is 1. The van der Waals surface area contributed by atoms with E-state index in [1.165, 1.54) is 56.9 Å². The zero-order valence-corrected chi connectivity index (χ0v) is 20.3. The summed E-state index contributed by atoms with van der Waals surface area (Å²) >= 11 is 0. The Hall–Kier alpha value is -0.630. The van der Waals surface area contributed by atoms with Crippen molar-refractivity contribution >= 4 is 5.78 Å². The van der Waals surface area contributed by atoms with E-state index in [4.69, 9.17) is 4.74 Å².